The number of nitrogen functional groups attached to an aromatic ring is 1. The Bertz CT molecular complexity index is 318. The minimum Gasteiger partial charge on any atom is -0.398 e. The molecule has 2 N–H and O–H groups in total. The van der Waals surface area contributed by atoms with Crippen LogP contribution in [0.1, 0.15) is 22.3 Å². The van der Waals surface area contributed by atoms with E-state index in [1.54, 1.807) is 0 Å². The first-order valence-electron chi connectivity index (χ1n) is 4.10. The van der Waals surface area contributed by atoms with Gasteiger partial charge in [-0.3, -0.25) is 0 Å². The number of hydrogen-bond donors (Lipinski definition) is 1. The van der Waals surface area contributed by atoms with Crippen LogP contribution in [0.4, 0.5) is 5.69 Å². The van der Waals surface area contributed by atoms with Gasteiger partial charge in [-0.25, -0.2) is 0 Å². The fraction of sp³-hybridized carbons (Fsp3) is 0.400. The summed E-state index contributed by atoms with van der Waals surface area (Å²) >= 11 is 8.20. The molecule has 72 valence electrons. The number of rotatable bonds is 1. The topological polar surface area (TPSA) is 26.0 Å². The van der Waals surface area contributed by atoms with E-state index in [4.69, 9.17) is 17.3 Å². The van der Waals surface area contributed by atoms with E-state index < -0.39 is 0 Å². The van der Waals surface area contributed by atoms with E-state index in [1.165, 1.54) is 14.7 Å². The third-order valence-corrected chi connectivity index (χ3v) is 4.42. The fourth-order valence-corrected chi connectivity index (χ4v) is 2.46. The minimum absolute atomic E-state index is 0.495. The van der Waals surface area contributed by atoms with E-state index in [0.29, 0.717) is 5.88 Å². The zero-order valence-electron chi connectivity index (χ0n) is 8.04. The first-order chi connectivity index (χ1) is 6.00. The van der Waals surface area contributed by atoms with Crippen LogP contribution in [-0.4, -0.2) is 0 Å². The number of nitrogens with two attached hydrogens (primary N) is 1. The van der Waals surface area contributed by atoms with Crippen molar-refractivity contribution in [3.63, 3.8) is 0 Å². The van der Waals surface area contributed by atoms with Crippen LogP contribution in [-0.2, 0) is 5.88 Å². The van der Waals surface area contributed by atoms with Gasteiger partial charge >= 0.3 is 0 Å². The predicted molar refractivity (Wildman–Crippen MR) is 67.3 cm³/mol. The number of alkyl halides is 1. The molecule has 1 rings (SSSR count). The van der Waals surface area contributed by atoms with Gasteiger partial charge in [-0.05, 0) is 65.6 Å². The summed E-state index contributed by atoms with van der Waals surface area (Å²) in [7, 11) is 0. The van der Waals surface area contributed by atoms with E-state index in [0.717, 1.165) is 16.8 Å². The van der Waals surface area contributed by atoms with Crippen molar-refractivity contribution >= 4 is 39.9 Å². The minimum atomic E-state index is 0.495. The molecule has 13 heavy (non-hydrogen) atoms. The summed E-state index contributed by atoms with van der Waals surface area (Å²) in [5.41, 5.74) is 11.6. The van der Waals surface area contributed by atoms with Crippen LogP contribution < -0.4 is 5.73 Å². The number of anilines is 1. The molecule has 0 saturated carbocycles. The molecule has 0 atom stereocenters. The van der Waals surface area contributed by atoms with Crippen molar-refractivity contribution < 1.29 is 0 Å². The SMILES string of the molecule is Cc1c(C)c(I)c(C)c(CCl)c1N. The molecule has 1 nitrogen and oxygen atoms in total. The Morgan fingerprint density at radius 3 is 2.15 bits per heavy atom. The molecule has 0 aliphatic rings. The van der Waals surface area contributed by atoms with Gasteiger partial charge in [0.05, 0.1) is 0 Å². The maximum atomic E-state index is 5.98. The second-order valence-electron chi connectivity index (χ2n) is 3.21. The molecule has 0 fully saturated rings. The van der Waals surface area contributed by atoms with Crippen LogP contribution >= 0.6 is 34.2 Å². The van der Waals surface area contributed by atoms with Gasteiger partial charge in [0.2, 0.25) is 0 Å². The van der Waals surface area contributed by atoms with Crippen molar-refractivity contribution in [2.75, 3.05) is 5.73 Å². The summed E-state index contributed by atoms with van der Waals surface area (Å²) < 4.78 is 1.28. The molecular weight excluding hydrogens is 296 g/mol. The van der Waals surface area contributed by atoms with Crippen LogP contribution in [0.25, 0.3) is 0 Å². The van der Waals surface area contributed by atoms with Crippen LogP contribution in [0, 0.1) is 24.3 Å². The predicted octanol–water partition coefficient (Wildman–Crippen LogP) is 3.54. The average Bonchev–Trinajstić information content (AvgIpc) is 2.13. The van der Waals surface area contributed by atoms with E-state index in [9.17, 15) is 0 Å². The first kappa shape index (κ1) is 11.1. The van der Waals surface area contributed by atoms with Gasteiger partial charge in [0, 0.05) is 15.1 Å². The summed E-state index contributed by atoms with van der Waals surface area (Å²) in [6.07, 6.45) is 0. The van der Waals surface area contributed by atoms with Crippen LogP contribution in [0.2, 0.25) is 0 Å². The van der Waals surface area contributed by atoms with Crippen molar-refractivity contribution in [3.8, 4) is 0 Å². The molecule has 1 aromatic carbocycles. The molecule has 0 amide bonds. The number of halogens is 2. The lowest BCUT2D eigenvalue weighted by atomic mass is 9.99. The lowest BCUT2D eigenvalue weighted by Crippen LogP contribution is -2.03. The lowest BCUT2D eigenvalue weighted by Gasteiger charge is -2.15. The Morgan fingerprint density at radius 2 is 1.69 bits per heavy atom. The van der Waals surface area contributed by atoms with E-state index >= 15 is 0 Å². The Morgan fingerprint density at radius 1 is 1.15 bits per heavy atom. The standard InChI is InChI=1S/C10H13ClIN/c1-5-6(2)10(13)8(4-11)7(3)9(5)12/h4,13H2,1-3H3. The highest BCUT2D eigenvalue weighted by atomic mass is 127. The Balaban J connectivity index is 3.56. The van der Waals surface area contributed by atoms with Crippen LogP contribution in [0.5, 0.6) is 0 Å². The lowest BCUT2D eigenvalue weighted by molar-refractivity contribution is 1.20. The van der Waals surface area contributed by atoms with Gasteiger partial charge in [-0.1, -0.05) is 0 Å². The molecule has 0 aliphatic carbocycles. The van der Waals surface area contributed by atoms with Crippen molar-refractivity contribution in [1.82, 2.24) is 0 Å². The Labute approximate surface area is 97.8 Å². The maximum Gasteiger partial charge on any atom is 0.0497 e. The quantitative estimate of drug-likeness (QED) is 0.479. The molecule has 0 spiro atoms. The third kappa shape index (κ3) is 1.79. The Kier molecular flexibility index (Phi) is 3.46. The van der Waals surface area contributed by atoms with Gasteiger partial charge in [0.15, 0.2) is 0 Å². The highest BCUT2D eigenvalue weighted by molar-refractivity contribution is 14.1. The second-order valence-corrected chi connectivity index (χ2v) is 4.56. The van der Waals surface area contributed by atoms with Gasteiger partial charge < -0.3 is 5.73 Å². The molecule has 0 saturated heterocycles. The first-order valence-corrected chi connectivity index (χ1v) is 5.71. The summed E-state index contributed by atoms with van der Waals surface area (Å²) in [6, 6.07) is 0. The molecule has 0 aromatic heterocycles. The number of hydrogen-bond acceptors (Lipinski definition) is 1. The molecule has 0 unspecified atom stereocenters. The summed E-state index contributed by atoms with van der Waals surface area (Å²) in [5, 5.41) is 0. The Hall–Kier alpha value is 0.0400. The molecular formula is C10H13ClIN. The van der Waals surface area contributed by atoms with Gasteiger partial charge in [-0.2, -0.15) is 0 Å². The highest BCUT2D eigenvalue weighted by Crippen LogP contribution is 2.30. The van der Waals surface area contributed by atoms with E-state index in [-0.39, 0.29) is 0 Å². The average molecular weight is 310 g/mol. The van der Waals surface area contributed by atoms with Crippen LogP contribution in [0.3, 0.4) is 0 Å². The zero-order valence-corrected chi connectivity index (χ0v) is 11.0. The summed E-state index contributed by atoms with van der Waals surface area (Å²) in [5.74, 6) is 0.495. The maximum absolute atomic E-state index is 5.98. The molecule has 0 radical (unpaired) electrons. The molecule has 0 bridgehead atoms. The van der Waals surface area contributed by atoms with Crippen molar-refractivity contribution in [3.05, 3.63) is 25.8 Å². The summed E-state index contributed by atoms with van der Waals surface area (Å²) in [4.78, 5) is 0. The fourth-order valence-electron chi connectivity index (χ4n) is 1.38. The third-order valence-electron chi connectivity index (χ3n) is 2.54. The molecule has 3 heteroatoms. The van der Waals surface area contributed by atoms with Crippen LogP contribution in [0.15, 0.2) is 0 Å². The second kappa shape index (κ2) is 4.05. The van der Waals surface area contributed by atoms with E-state index in [1.807, 2.05) is 6.92 Å². The molecule has 0 heterocycles. The largest absolute Gasteiger partial charge is 0.398 e. The van der Waals surface area contributed by atoms with Crippen molar-refractivity contribution in [2.45, 2.75) is 26.7 Å². The van der Waals surface area contributed by atoms with Gasteiger partial charge in [-0.15, -0.1) is 11.6 Å². The van der Waals surface area contributed by atoms with Crippen molar-refractivity contribution in [2.24, 2.45) is 0 Å². The number of benzene rings is 1. The molecule has 0 aliphatic heterocycles. The van der Waals surface area contributed by atoms with Gasteiger partial charge in [0.1, 0.15) is 0 Å². The normalized spacial score (nSPS) is 10.5. The van der Waals surface area contributed by atoms with Crippen molar-refractivity contribution in [1.29, 1.82) is 0 Å². The van der Waals surface area contributed by atoms with E-state index in [2.05, 4.69) is 36.4 Å². The molecule has 1 aromatic rings. The smallest absolute Gasteiger partial charge is 0.0497 e. The highest BCUT2D eigenvalue weighted by Gasteiger charge is 2.12. The summed E-state index contributed by atoms with van der Waals surface area (Å²) in [6.45, 7) is 6.21. The zero-order chi connectivity index (χ0) is 10.2. The monoisotopic (exact) mass is 309 g/mol. The van der Waals surface area contributed by atoms with Gasteiger partial charge in [0.25, 0.3) is 0 Å².